The molecule has 0 saturated heterocycles. The number of H-pyrrole nitrogens is 1. The second-order valence-corrected chi connectivity index (χ2v) is 6.81. The topological polar surface area (TPSA) is 104 Å². The van der Waals surface area contributed by atoms with Crippen molar-refractivity contribution in [2.24, 2.45) is 0 Å². The summed E-state index contributed by atoms with van der Waals surface area (Å²) < 4.78 is 14.4. The molecule has 150 valence electrons. The van der Waals surface area contributed by atoms with Gasteiger partial charge >= 0.3 is 5.97 Å². The molecule has 29 heavy (non-hydrogen) atoms. The van der Waals surface area contributed by atoms with E-state index in [1.165, 1.54) is 28.9 Å². The fourth-order valence-electron chi connectivity index (χ4n) is 3.01. The van der Waals surface area contributed by atoms with Crippen LogP contribution in [0.2, 0.25) is 0 Å². The quantitative estimate of drug-likeness (QED) is 0.595. The van der Waals surface area contributed by atoms with Crippen molar-refractivity contribution in [1.82, 2.24) is 15.1 Å². The summed E-state index contributed by atoms with van der Waals surface area (Å²) in [6.07, 6.45) is -0.390. The lowest BCUT2D eigenvalue weighted by molar-refractivity contribution is -0.137. The number of aromatic amines is 1. The third kappa shape index (κ3) is 4.60. The van der Waals surface area contributed by atoms with Gasteiger partial charge in [0.15, 0.2) is 0 Å². The number of carbonyl (C=O) groups excluding carboxylic acids is 1. The van der Waals surface area contributed by atoms with Crippen LogP contribution in [0.3, 0.4) is 0 Å². The minimum absolute atomic E-state index is 0.00611. The second-order valence-electron chi connectivity index (χ2n) is 6.81. The van der Waals surface area contributed by atoms with E-state index < -0.39 is 29.3 Å². The Bertz CT molecular complexity index is 1120. The summed E-state index contributed by atoms with van der Waals surface area (Å²) in [5, 5.41) is 14.5. The standard InChI is InChI=1S/C21H20FN3O4/c1-12-3-4-13(2)18(9-12)25-19(26)10-17(24-25)21(29)23-16(11-20(27)28)14-5-7-15(22)8-6-14/h3-10,16,24H,11H2,1-2H3,(H,23,29)(H,27,28). The van der Waals surface area contributed by atoms with Crippen molar-refractivity contribution in [2.45, 2.75) is 26.3 Å². The maximum absolute atomic E-state index is 13.2. The number of hydrogen-bond donors (Lipinski definition) is 3. The molecule has 2 aromatic carbocycles. The van der Waals surface area contributed by atoms with Crippen LogP contribution in [0.4, 0.5) is 4.39 Å². The lowest BCUT2D eigenvalue weighted by Crippen LogP contribution is -2.30. The highest BCUT2D eigenvalue weighted by atomic mass is 19.1. The number of aliphatic carboxylic acids is 1. The Morgan fingerprint density at radius 2 is 1.83 bits per heavy atom. The summed E-state index contributed by atoms with van der Waals surface area (Å²) >= 11 is 0. The zero-order valence-electron chi connectivity index (χ0n) is 15.9. The van der Waals surface area contributed by atoms with Gasteiger partial charge in [0.25, 0.3) is 11.5 Å². The minimum Gasteiger partial charge on any atom is -0.481 e. The molecule has 0 spiro atoms. The highest BCUT2D eigenvalue weighted by molar-refractivity contribution is 5.92. The number of benzene rings is 2. The number of carboxylic acid groups (broad SMARTS) is 1. The van der Waals surface area contributed by atoms with E-state index in [2.05, 4.69) is 10.4 Å². The normalized spacial score (nSPS) is 11.8. The maximum atomic E-state index is 13.2. The van der Waals surface area contributed by atoms with Gasteiger partial charge in [-0.05, 0) is 48.7 Å². The van der Waals surface area contributed by atoms with Gasteiger partial charge in [0.1, 0.15) is 11.5 Å². The first-order valence-corrected chi connectivity index (χ1v) is 8.92. The third-order valence-corrected chi connectivity index (χ3v) is 4.53. The summed E-state index contributed by atoms with van der Waals surface area (Å²) in [6.45, 7) is 3.74. The zero-order chi connectivity index (χ0) is 21.1. The SMILES string of the molecule is Cc1ccc(C)c(-n2[nH]c(C(=O)NC(CC(=O)O)c3ccc(F)cc3)cc2=O)c1. The van der Waals surface area contributed by atoms with Crippen LogP contribution in [0.15, 0.2) is 53.3 Å². The number of nitrogens with one attached hydrogen (secondary N) is 2. The van der Waals surface area contributed by atoms with Crippen LogP contribution in [-0.4, -0.2) is 26.8 Å². The highest BCUT2D eigenvalue weighted by Crippen LogP contribution is 2.18. The molecule has 1 unspecified atom stereocenters. The Morgan fingerprint density at radius 3 is 2.48 bits per heavy atom. The predicted octanol–water partition coefficient (Wildman–Crippen LogP) is 2.87. The van der Waals surface area contributed by atoms with E-state index in [-0.39, 0.29) is 12.1 Å². The molecule has 3 N–H and O–H groups in total. The number of halogens is 1. The van der Waals surface area contributed by atoms with Crippen molar-refractivity contribution in [3.05, 3.63) is 87.1 Å². The Hall–Kier alpha value is -3.68. The van der Waals surface area contributed by atoms with Crippen molar-refractivity contribution in [1.29, 1.82) is 0 Å². The van der Waals surface area contributed by atoms with Gasteiger partial charge in [0.2, 0.25) is 0 Å². The van der Waals surface area contributed by atoms with Crippen LogP contribution in [0.1, 0.15) is 39.6 Å². The van der Waals surface area contributed by atoms with E-state index in [9.17, 15) is 18.8 Å². The van der Waals surface area contributed by atoms with Crippen molar-refractivity contribution < 1.29 is 19.1 Å². The zero-order valence-corrected chi connectivity index (χ0v) is 15.9. The molecule has 0 saturated carbocycles. The minimum atomic E-state index is -1.12. The molecule has 0 aliphatic carbocycles. The van der Waals surface area contributed by atoms with Crippen molar-refractivity contribution in [3.63, 3.8) is 0 Å². The number of hydrogen-bond acceptors (Lipinski definition) is 3. The summed E-state index contributed by atoms with van der Waals surface area (Å²) in [7, 11) is 0. The van der Waals surface area contributed by atoms with Gasteiger partial charge in [-0.3, -0.25) is 19.5 Å². The first kappa shape index (κ1) is 20.1. The van der Waals surface area contributed by atoms with Crippen molar-refractivity contribution in [3.8, 4) is 5.69 Å². The van der Waals surface area contributed by atoms with E-state index in [0.29, 0.717) is 11.3 Å². The van der Waals surface area contributed by atoms with Gasteiger partial charge in [0.05, 0.1) is 18.2 Å². The van der Waals surface area contributed by atoms with Crippen LogP contribution in [0.5, 0.6) is 0 Å². The summed E-state index contributed by atoms with van der Waals surface area (Å²) in [6, 6.07) is 11.1. The summed E-state index contributed by atoms with van der Waals surface area (Å²) in [5.74, 6) is -2.23. The van der Waals surface area contributed by atoms with Crippen molar-refractivity contribution in [2.75, 3.05) is 0 Å². The summed E-state index contributed by atoms with van der Waals surface area (Å²) in [4.78, 5) is 36.3. The number of amides is 1. The Balaban J connectivity index is 1.89. The molecule has 0 aliphatic rings. The molecule has 0 aliphatic heterocycles. The Labute approximate surface area is 165 Å². The highest BCUT2D eigenvalue weighted by Gasteiger charge is 2.21. The average Bonchev–Trinajstić information content (AvgIpc) is 3.05. The molecule has 3 rings (SSSR count). The van der Waals surface area contributed by atoms with Gasteiger partial charge < -0.3 is 10.4 Å². The molecule has 1 amide bonds. The smallest absolute Gasteiger partial charge is 0.305 e. The van der Waals surface area contributed by atoms with Crippen LogP contribution < -0.4 is 10.9 Å². The molecule has 1 aromatic heterocycles. The van der Waals surface area contributed by atoms with Crippen LogP contribution >= 0.6 is 0 Å². The fourth-order valence-corrected chi connectivity index (χ4v) is 3.01. The number of aromatic nitrogens is 2. The van der Waals surface area contributed by atoms with Crippen LogP contribution in [-0.2, 0) is 4.79 Å². The Kier molecular flexibility index (Phi) is 5.63. The number of rotatable bonds is 6. The molecular formula is C21H20FN3O4. The number of carbonyl (C=O) groups is 2. The molecule has 0 fully saturated rings. The molecule has 7 nitrogen and oxygen atoms in total. The first-order valence-electron chi connectivity index (χ1n) is 8.92. The van der Waals surface area contributed by atoms with Gasteiger partial charge in [-0.15, -0.1) is 0 Å². The molecule has 1 atom stereocenters. The van der Waals surface area contributed by atoms with E-state index in [4.69, 9.17) is 5.11 Å². The number of carboxylic acids is 1. The largest absolute Gasteiger partial charge is 0.481 e. The van der Waals surface area contributed by atoms with E-state index in [0.717, 1.165) is 17.2 Å². The van der Waals surface area contributed by atoms with E-state index >= 15 is 0 Å². The third-order valence-electron chi connectivity index (χ3n) is 4.53. The van der Waals surface area contributed by atoms with Gasteiger partial charge in [-0.25, -0.2) is 9.07 Å². The molecule has 0 radical (unpaired) electrons. The fraction of sp³-hybridized carbons (Fsp3) is 0.190. The lowest BCUT2D eigenvalue weighted by atomic mass is 10.0. The summed E-state index contributed by atoms with van der Waals surface area (Å²) in [5.41, 5.74) is 2.44. The van der Waals surface area contributed by atoms with E-state index in [1.54, 1.807) is 0 Å². The molecule has 8 heteroatoms. The molecular weight excluding hydrogens is 377 g/mol. The number of nitrogens with zero attached hydrogens (tertiary/aromatic N) is 1. The molecule has 3 aromatic rings. The van der Waals surface area contributed by atoms with Crippen LogP contribution in [0, 0.1) is 19.7 Å². The molecule has 1 heterocycles. The second kappa shape index (κ2) is 8.14. The average molecular weight is 397 g/mol. The predicted molar refractivity (Wildman–Crippen MR) is 105 cm³/mol. The molecule has 0 bridgehead atoms. The van der Waals surface area contributed by atoms with Crippen molar-refractivity contribution >= 4 is 11.9 Å². The number of aryl methyl sites for hydroxylation is 2. The van der Waals surface area contributed by atoms with Gasteiger partial charge in [0, 0.05) is 6.07 Å². The van der Waals surface area contributed by atoms with Crippen LogP contribution in [0.25, 0.3) is 5.69 Å². The maximum Gasteiger partial charge on any atom is 0.305 e. The first-order chi connectivity index (χ1) is 13.7. The lowest BCUT2D eigenvalue weighted by Gasteiger charge is -2.17. The van der Waals surface area contributed by atoms with Gasteiger partial charge in [-0.2, -0.15) is 0 Å². The van der Waals surface area contributed by atoms with E-state index in [1.807, 2.05) is 32.0 Å². The Morgan fingerprint density at radius 1 is 1.14 bits per heavy atom. The monoisotopic (exact) mass is 397 g/mol. The van der Waals surface area contributed by atoms with Gasteiger partial charge in [-0.1, -0.05) is 24.3 Å².